The first-order chi connectivity index (χ1) is 19.1. The van der Waals surface area contributed by atoms with Gasteiger partial charge < -0.3 is 18.8 Å². The Kier molecular flexibility index (Phi) is 7.29. The van der Waals surface area contributed by atoms with E-state index in [1.807, 2.05) is 47.3 Å². The van der Waals surface area contributed by atoms with Gasteiger partial charge in [-0.15, -0.1) is 0 Å². The number of hydrogen-bond acceptors (Lipinski definition) is 5. The maximum absolute atomic E-state index is 14.2. The van der Waals surface area contributed by atoms with Crippen molar-refractivity contribution in [2.75, 3.05) is 19.8 Å². The van der Waals surface area contributed by atoms with Crippen molar-refractivity contribution in [1.82, 2.24) is 14.5 Å². The molecule has 39 heavy (non-hydrogen) atoms. The molecule has 0 bridgehead atoms. The highest BCUT2D eigenvalue weighted by molar-refractivity contribution is 5.66. The van der Waals surface area contributed by atoms with Crippen LogP contribution in [0.3, 0.4) is 0 Å². The molecule has 1 fully saturated rings. The number of ether oxygens (including phenoxy) is 3. The molecule has 8 heteroatoms. The second-order valence-corrected chi connectivity index (χ2v) is 9.42. The zero-order valence-electron chi connectivity index (χ0n) is 21.2. The number of benzene rings is 3. The second-order valence-electron chi connectivity index (χ2n) is 9.42. The average Bonchev–Trinajstić information content (AvgIpc) is 3.39. The Hall–Kier alpha value is -4.14. The Morgan fingerprint density at radius 2 is 1.56 bits per heavy atom. The van der Waals surface area contributed by atoms with Gasteiger partial charge in [0.2, 0.25) is 0 Å². The number of hydrogen-bond donors (Lipinski definition) is 0. The quantitative estimate of drug-likeness (QED) is 0.228. The van der Waals surface area contributed by atoms with Crippen molar-refractivity contribution in [3.8, 4) is 39.7 Å². The molecule has 0 amide bonds. The zero-order chi connectivity index (χ0) is 26.6. The van der Waals surface area contributed by atoms with Crippen LogP contribution in [-0.2, 0) is 16.0 Å². The first-order valence-electron chi connectivity index (χ1n) is 13.0. The van der Waals surface area contributed by atoms with Crippen LogP contribution in [0, 0.1) is 11.6 Å². The number of nitrogens with zero attached hydrogens (tertiary/aromatic N) is 3. The number of aromatic nitrogens is 3. The fraction of sp³-hybridized carbons (Fsp3) is 0.226. The van der Waals surface area contributed by atoms with Gasteiger partial charge in [0, 0.05) is 25.4 Å². The fourth-order valence-electron chi connectivity index (χ4n) is 4.58. The van der Waals surface area contributed by atoms with E-state index in [-0.39, 0.29) is 17.7 Å². The minimum Gasteiger partial charge on any atom is -0.493 e. The number of halogens is 2. The van der Waals surface area contributed by atoms with Gasteiger partial charge in [-0.05, 0) is 53.4 Å². The molecular formula is C31H27F2N3O3. The molecule has 0 unspecified atom stereocenters. The Labute approximate surface area is 225 Å². The minimum atomic E-state index is -0.942. The second kappa shape index (κ2) is 11.3. The van der Waals surface area contributed by atoms with Crippen LogP contribution in [0.2, 0.25) is 0 Å². The van der Waals surface area contributed by atoms with Crippen LogP contribution in [-0.4, -0.2) is 40.6 Å². The van der Waals surface area contributed by atoms with E-state index in [2.05, 4.69) is 34.2 Å². The summed E-state index contributed by atoms with van der Waals surface area (Å²) in [5.41, 5.74) is 4.63. The molecule has 3 aliphatic heterocycles. The van der Waals surface area contributed by atoms with Crippen LogP contribution < -0.4 is 4.74 Å². The van der Waals surface area contributed by atoms with E-state index in [9.17, 15) is 8.78 Å². The summed E-state index contributed by atoms with van der Waals surface area (Å²) in [4.78, 5) is 8.80. The SMILES string of the molecule is Fc1cccc(-c2nc3ccn(Cc4ccc(-c5ccc(OCCC6OCCCO6)cc5)cc4)cc-3n2)c1F. The van der Waals surface area contributed by atoms with E-state index < -0.39 is 11.6 Å². The molecule has 0 saturated carbocycles. The third-order valence-electron chi connectivity index (χ3n) is 6.64. The Morgan fingerprint density at radius 1 is 0.846 bits per heavy atom. The van der Waals surface area contributed by atoms with E-state index in [1.54, 1.807) is 0 Å². The molecule has 0 spiro atoms. The summed E-state index contributed by atoms with van der Waals surface area (Å²) < 4.78 is 46.8. The Balaban J connectivity index is 1.08. The third kappa shape index (κ3) is 5.82. The van der Waals surface area contributed by atoms with Crippen LogP contribution >= 0.6 is 0 Å². The summed E-state index contributed by atoms with van der Waals surface area (Å²) in [6, 6.07) is 22.2. The number of fused-ring (bicyclic) bond motifs is 1. The minimum absolute atomic E-state index is 0.0524. The largest absolute Gasteiger partial charge is 0.493 e. The molecule has 0 atom stereocenters. The predicted octanol–water partition coefficient (Wildman–Crippen LogP) is 6.58. The molecule has 1 saturated heterocycles. The van der Waals surface area contributed by atoms with Gasteiger partial charge in [0.1, 0.15) is 11.4 Å². The molecule has 3 aromatic carbocycles. The van der Waals surface area contributed by atoms with Crippen molar-refractivity contribution >= 4 is 0 Å². The van der Waals surface area contributed by atoms with Gasteiger partial charge in [-0.2, -0.15) is 0 Å². The van der Waals surface area contributed by atoms with Crippen LogP contribution in [0.4, 0.5) is 8.78 Å². The summed E-state index contributed by atoms with van der Waals surface area (Å²) in [5, 5.41) is 0. The molecule has 0 N–H and O–H groups in total. The van der Waals surface area contributed by atoms with Gasteiger partial charge in [0.05, 0.1) is 31.1 Å². The molecule has 0 radical (unpaired) electrons. The van der Waals surface area contributed by atoms with E-state index in [1.165, 1.54) is 12.1 Å². The van der Waals surface area contributed by atoms with E-state index in [4.69, 9.17) is 14.2 Å². The first kappa shape index (κ1) is 25.2. The van der Waals surface area contributed by atoms with Gasteiger partial charge in [0.15, 0.2) is 23.7 Å². The van der Waals surface area contributed by atoms with Crippen LogP contribution in [0.25, 0.3) is 33.9 Å². The normalized spacial score (nSPS) is 14.1. The zero-order valence-corrected chi connectivity index (χ0v) is 21.2. The highest BCUT2D eigenvalue weighted by atomic mass is 19.2. The van der Waals surface area contributed by atoms with Crippen LogP contribution in [0.1, 0.15) is 18.4 Å². The lowest BCUT2D eigenvalue weighted by Crippen LogP contribution is -2.26. The van der Waals surface area contributed by atoms with Gasteiger partial charge >= 0.3 is 0 Å². The Morgan fingerprint density at radius 3 is 2.33 bits per heavy atom. The average molecular weight is 528 g/mol. The first-order valence-corrected chi connectivity index (χ1v) is 13.0. The molecule has 198 valence electrons. The van der Waals surface area contributed by atoms with Crippen molar-refractivity contribution < 1.29 is 23.0 Å². The lowest BCUT2D eigenvalue weighted by atomic mass is 10.0. The smallest absolute Gasteiger partial charge is 0.169 e. The van der Waals surface area contributed by atoms with Crippen molar-refractivity contribution in [3.63, 3.8) is 0 Å². The third-order valence-corrected chi connectivity index (χ3v) is 6.64. The van der Waals surface area contributed by atoms with Crippen LogP contribution in [0.15, 0.2) is 85.2 Å². The van der Waals surface area contributed by atoms with Crippen molar-refractivity contribution in [2.45, 2.75) is 25.7 Å². The van der Waals surface area contributed by atoms with Crippen molar-refractivity contribution in [1.29, 1.82) is 0 Å². The monoisotopic (exact) mass is 527 g/mol. The molecule has 0 aliphatic carbocycles. The standard InChI is InChI=1S/C31H27F2N3O3/c32-26-4-1-3-25(30(26)33)31-34-27-13-15-36(20-28(27)35-31)19-21-5-7-22(8-6-21)23-9-11-24(12-10-23)37-18-14-29-38-16-2-17-39-29/h1,3-13,15,20,29H,2,14,16-19H2. The summed E-state index contributed by atoms with van der Waals surface area (Å²) >= 11 is 0. The molecular weight excluding hydrogens is 500 g/mol. The summed E-state index contributed by atoms with van der Waals surface area (Å²) in [5.74, 6) is -0.868. The maximum atomic E-state index is 14.2. The van der Waals surface area contributed by atoms with E-state index >= 15 is 0 Å². The summed E-state index contributed by atoms with van der Waals surface area (Å²) in [7, 11) is 0. The number of pyridine rings is 1. The van der Waals surface area contributed by atoms with E-state index in [0.29, 0.717) is 31.0 Å². The highest BCUT2D eigenvalue weighted by Crippen LogP contribution is 2.28. The molecule has 0 aromatic heterocycles. The predicted molar refractivity (Wildman–Crippen MR) is 143 cm³/mol. The lowest BCUT2D eigenvalue weighted by molar-refractivity contribution is -0.183. The van der Waals surface area contributed by atoms with Crippen LogP contribution in [0.5, 0.6) is 5.75 Å². The van der Waals surface area contributed by atoms with Crippen molar-refractivity contribution in [3.05, 3.63) is 102 Å². The summed E-state index contributed by atoms with van der Waals surface area (Å²) in [6.45, 7) is 2.67. The molecule has 6 nitrogen and oxygen atoms in total. The molecule has 6 rings (SSSR count). The van der Waals surface area contributed by atoms with Gasteiger partial charge in [0.25, 0.3) is 0 Å². The molecule has 3 aromatic rings. The lowest BCUT2D eigenvalue weighted by Gasteiger charge is -2.23. The van der Waals surface area contributed by atoms with Gasteiger partial charge in [-0.1, -0.05) is 42.5 Å². The summed E-state index contributed by atoms with van der Waals surface area (Å²) in [6.07, 6.45) is 5.25. The van der Waals surface area contributed by atoms with Gasteiger partial charge in [-0.25, -0.2) is 18.7 Å². The topological polar surface area (TPSA) is 58.4 Å². The number of imidazole rings is 1. The van der Waals surface area contributed by atoms with Crippen molar-refractivity contribution in [2.24, 2.45) is 0 Å². The maximum Gasteiger partial charge on any atom is 0.169 e. The Bertz CT molecular complexity index is 1510. The van der Waals surface area contributed by atoms with E-state index in [0.717, 1.165) is 48.1 Å². The molecule has 3 aliphatic rings. The highest BCUT2D eigenvalue weighted by Gasteiger charge is 2.18. The van der Waals surface area contributed by atoms with Gasteiger partial charge in [-0.3, -0.25) is 0 Å². The fourth-order valence-corrected chi connectivity index (χ4v) is 4.58. The molecule has 3 heterocycles. The number of rotatable bonds is 8.